The van der Waals surface area contributed by atoms with Crippen LogP contribution in [0.25, 0.3) is 0 Å². The first-order valence-corrected chi connectivity index (χ1v) is 8.87. The minimum atomic E-state index is -3.65. The summed E-state index contributed by atoms with van der Waals surface area (Å²) in [4.78, 5) is 15.5. The van der Waals surface area contributed by atoms with Crippen molar-refractivity contribution in [2.45, 2.75) is 36.6 Å². The first-order valence-electron chi connectivity index (χ1n) is 6.64. The van der Waals surface area contributed by atoms with Gasteiger partial charge in [-0.1, -0.05) is 6.42 Å². The van der Waals surface area contributed by atoms with Crippen LogP contribution in [0.15, 0.2) is 27.8 Å². The van der Waals surface area contributed by atoms with Crippen LogP contribution >= 0.6 is 15.9 Å². The summed E-state index contributed by atoms with van der Waals surface area (Å²) in [5, 5.41) is 0. The standard InChI is InChI=1S/C13H17BrN2O4S/c1-20-13(17)7-11-4-2-3-5-16(11)21(18,19)12-6-10(14)8-15-9-12/h6,8-9,11H,2-5,7H2,1H3. The summed E-state index contributed by atoms with van der Waals surface area (Å²) in [5.41, 5.74) is 0. The number of sulfonamides is 1. The molecule has 0 aromatic carbocycles. The van der Waals surface area contributed by atoms with Crippen LogP contribution in [0, 0.1) is 0 Å². The van der Waals surface area contributed by atoms with Crippen LogP contribution in [0.5, 0.6) is 0 Å². The number of carbonyl (C=O) groups is 1. The average molecular weight is 377 g/mol. The normalized spacial score (nSPS) is 20.2. The Balaban J connectivity index is 2.29. The molecule has 6 nitrogen and oxygen atoms in total. The topological polar surface area (TPSA) is 76.6 Å². The van der Waals surface area contributed by atoms with E-state index in [4.69, 9.17) is 0 Å². The van der Waals surface area contributed by atoms with Gasteiger partial charge >= 0.3 is 5.97 Å². The summed E-state index contributed by atoms with van der Waals surface area (Å²) < 4.78 is 32.1. The molecule has 0 spiro atoms. The minimum Gasteiger partial charge on any atom is -0.469 e. The summed E-state index contributed by atoms with van der Waals surface area (Å²) in [6.07, 6.45) is 5.29. The first kappa shape index (κ1) is 16.4. The van der Waals surface area contributed by atoms with E-state index in [1.165, 1.54) is 29.9 Å². The second-order valence-electron chi connectivity index (χ2n) is 4.88. The Morgan fingerprint density at radius 1 is 1.48 bits per heavy atom. The molecular weight excluding hydrogens is 360 g/mol. The number of halogens is 1. The lowest BCUT2D eigenvalue weighted by molar-refractivity contribution is -0.141. The molecule has 2 heterocycles. The molecule has 0 amide bonds. The molecule has 1 saturated heterocycles. The van der Waals surface area contributed by atoms with Gasteiger partial charge < -0.3 is 4.74 Å². The molecule has 1 aliphatic heterocycles. The van der Waals surface area contributed by atoms with E-state index in [9.17, 15) is 13.2 Å². The van der Waals surface area contributed by atoms with Gasteiger partial charge in [-0.25, -0.2) is 8.42 Å². The highest BCUT2D eigenvalue weighted by atomic mass is 79.9. The Morgan fingerprint density at radius 2 is 2.24 bits per heavy atom. The maximum absolute atomic E-state index is 12.7. The largest absolute Gasteiger partial charge is 0.469 e. The summed E-state index contributed by atoms with van der Waals surface area (Å²) in [7, 11) is -2.35. The molecular formula is C13H17BrN2O4S. The van der Waals surface area contributed by atoms with Crippen LogP contribution in [-0.4, -0.2) is 43.4 Å². The maximum atomic E-state index is 12.7. The molecule has 116 valence electrons. The van der Waals surface area contributed by atoms with Crippen molar-refractivity contribution in [3.63, 3.8) is 0 Å². The lowest BCUT2D eigenvalue weighted by atomic mass is 10.0. The van der Waals surface area contributed by atoms with Gasteiger partial charge in [-0.3, -0.25) is 9.78 Å². The van der Waals surface area contributed by atoms with Crippen molar-refractivity contribution in [3.8, 4) is 0 Å². The summed E-state index contributed by atoms with van der Waals surface area (Å²) in [5.74, 6) is -0.394. The summed E-state index contributed by atoms with van der Waals surface area (Å²) >= 11 is 3.23. The van der Waals surface area contributed by atoms with Crippen LogP contribution < -0.4 is 0 Å². The Hall–Kier alpha value is -0.990. The molecule has 1 fully saturated rings. The number of pyridine rings is 1. The number of hydrogen-bond donors (Lipinski definition) is 0. The number of esters is 1. The summed E-state index contributed by atoms with van der Waals surface area (Å²) in [6.45, 7) is 0.413. The number of hydrogen-bond acceptors (Lipinski definition) is 5. The molecule has 1 aromatic heterocycles. The summed E-state index contributed by atoms with van der Waals surface area (Å²) in [6, 6.07) is 1.17. The Morgan fingerprint density at radius 3 is 2.90 bits per heavy atom. The number of aromatic nitrogens is 1. The van der Waals surface area contributed by atoms with Gasteiger partial charge in [0.25, 0.3) is 0 Å². The second-order valence-corrected chi connectivity index (χ2v) is 7.69. The molecule has 0 N–H and O–H groups in total. The third kappa shape index (κ3) is 3.81. The highest BCUT2D eigenvalue weighted by Gasteiger charge is 2.35. The van der Waals surface area contributed by atoms with Crippen LogP contribution in [0.4, 0.5) is 0 Å². The zero-order chi connectivity index (χ0) is 15.5. The first-order chi connectivity index (χ1) is 9.95. The molecule has 1 atom stereocenters. The van der Waals surface area contributed by atoms with Crippen LogP contribution in [0.3, 0.4) is 0 Å². The number of rotatable bonds is 4. The lowest BCUT2D eigenvalue weighted by Gasteiger charge is -2.34. The van der Waals surface area contributed by atoms with E-state index >= 15 is 0 Å². The molecule has 0 bridgehead atoms. The van der Waals surface area contributed by atoms with Crippen molar-refractivity contribution >= 4 is 31.9 Å². The van der Waals surface area contributed by atoms with E-state index in [1.807, 2.05) is 0 Å². The predicted molar refractivity (Wildman–Crippen MR) is 80.1 cm³/mol. The maximum Gasteiger partial charge on any atom is 0.307 e. The smallest absolute Gasteiger partial charge is 0.307 e. The fourth-order valence-corrected chi connectivity index (χ4v) is 4.64. The Labute approximate surface area is 132 Å². The number of carbonyl (C=O) groups excluding carboxylic acids is 1. The molecule has 1 unspecified atom stereocenters. The molecule has 2 rings (SSSR count). The highest BCUT2D eigenvalue weighted by molar-refractivity contribution is 9.10. The van der Waals surface area contributed by atoms with Crippen molar-refractivity contribution < 1.29 is 17.9 Å². The SMILES string of the molecule is COC(=O)CC1CCCCN1S(=O)(=O)c1cncc(Br)c1. The monoisotopic (exact) mass is 376 g/mol. The number of methoxy groups -OCH3 is 1. The fourth-order valence-electron chi connectivity index (χ4n) is 2.44. The Kier molecular flexibility index (Phi) is 5.34. The average Bonchev–Trinajstić information content (AvgIpc) is 2.47. The molecule has 0 radical (unpaired) electrons. The molecule has 0 aliphatic carbocycles. The predicted octanol–water partition coefficient (Wildman–Crippen LogP) is 1.95. The van der Waals surface area contributed by atoms with Gasteiger partial charge in [0.2, 0.25) is 10.0 Å². The van der Waals surface area contributed by atoms with Gasteiger partial charge in [0.1, 0.15) is 4.90 Å². The number of ether oxygens (including phenoxy) is 1. The van der Waals surface area contributed by atoms with Crippen molar-refractivity contribution in [2.24, 2.45) is 0 Å². The quantitative estimate of drug-likeness (QED) is 0.750. The van der Waals surface area contributed by atoms with Gasteiger partial charge in [0.15, 0.2) is 0 Å². The van der Waals surface area contributed by atoms with Crippen LogP contribution in [-0.2, 0) is 19.6 Å². The zero-order valence-electron chi connectivity index (χ0n) is 11.7. The van der Waals surface area contributed by atoms with Crippen molar-refractivity contribution in [2.75, 3.05) is 13.7 Å². The van der Waals surface area contributed by atoms with Gasteiger partial charge in [-0.15, -0.1) is 0 Å². The van der Waals surface area contributed by atoms with Gasteiger partial charge in [-0.05, 0) is 34.8 Å². The van der Waals surface area contributed by atoms with Gasteiger partial charge in [0, 0.05) is 29.5 Å². The highest BCUT2D eigenvalue weighted by Crippen LogP contribution is 2.28. The fraction of sp³-hybridized carbons (Fsp3) is 0.538. The molecule has 21 heavy (non-hydrogen) atoms. The van der Waals surface area contributed by atoms with E-state index in [0.717, 1.165) is 12.8 Å². The van der Waals surface area contributed by atoms with Crippen molar-refractivity contribution in [3.05, 3.63) is 22.9 Å². The molecule has 8 heteroatoms. The molecule has 0 saturated carbocycles. The van der Waals surface area contributed by atoms with Crippen LogP contribution in [0.1, 0.15) is 25.7 Å². The van der Waals surface area contributed by atoms with Gasteiger partial charge in [0.05, 0.1) is 13.5 Å². The van der Waals surface area contributed by atoms with Gasteiger partial charge in [-0.2, -0.15) is 4.31 Å². The third-order valence-electron chi connectivity index (χ3n) is 3.49. The zero-order valence-corrected chi connectivity index (χ0v) is 14.1. The molecule has 1 aromatic rings. The minimum absolute atomic E-state index is 0.0805. The van der Waals surface area contributed by atoms with Crippen molar-refractivity contribution in [1.29, 1.82) is 0 Å². The third-order valence-corrected chi connectivity index (χ3v) is 5.84. The van der Waals surface area contributed by atoms with E-state index in [-0.39, 0.29) is 17.4 Å². The van der Waals surface area contributed by atoms with E-state index in [1.54, 1.807) is 0 Å². The number of nitrogens with zero attached hydrogens (tertiary/aromatic N) is 2. The molecule has 1 aliphatic rings. The Bertz CT molecular complexity index is 620. The van der Waals surface area contributed by atoms with E-state index < -0.39 is 16.0 Å². The van der Waals surface area contributed by atoms with E-state index in [0.29, 0.717) is 17.4 Å². The van der Waals surface area contributed by atoms with Crippen molar-refractivity contribution in [1.82, 2.24) is 9.29 Å². The number of piperidine rings is 1. The van der Waals surface area contributed by atoms with Crippen LogP contribution in [0.2, 0.25) is 0 Å². The lowest BCUT2D eigenvalue weighted by Crippen LogP contribution is -2.44. The second kappa shape index (κ2) is 6.85. The van der Waals surface area contributed by atoms with E-state index in [2.05, 4.69) is 25.7 Å².